The van der Waals surface area contributed by atoms with Gasteiger partial charge in [0.1, 0.15) is 0 Å². The van der Waals surface area contributed by atoms with Crippen molar-refractivity contribution in [2.75, 3.05) is 6.54 Å². The Morgan fingerprint density at radius 2 is 1.76 bits per heavy atom. The van der Waals surface area contributed by atoms with E-state index < -0.39 is 14.8 Å². The topological polar surface area (TPSA) is 70.0 Å². The largest absolute Gasteiger partial charge is 0.230 e. The van der Waals surface area contributed by atoms with Crippen LogP contribution in [0.2, 0.25) is 0 Å². The zero-order valence-corrected chi connectivity index (χ0v) is 11.9. The molecule has 0 aliphatic carbocycles. The standard InChI is InChI=1S/C12H24N2O2S/c1-4-7-8-10-12(11-13,9-5-2)17(15,16)14-6-3/h14H,4-10H2,1-3H3. The fourth-order valence-corrected chi connectivity index (χ4v) is 3.62. The fourth-order valence-electron chi connectivity index (χ4n) is 1.96. The van der Waals surface area contributed by atoms with E-state index in [2.05, 4.69) is 17.7 Å². The summed E-state index contributed by atoms with van der Waals surface area (Å²) in [6.45, 7) is 6.04. The van der Waals surface area contributed by atoms with Crippen molar-refractivity contribution in [1.29, 1.82) is 5.26 Å². The molecule has 0 aromatic carbocycles. The monoisotopic (exact) mass is 260 g/mol. The van der Waals surface area contributed by atoms with Crippen molar-refractivity contribution in [1.82, 2.24) is 4.72 Å². The first-order chi connectivity index (χ1) is 7.99. The van der Waals surface area contributed by atoms with E-state index in [-0.39, 0.29) is 0 Å². The Morgan fingerprint density at radius 3 is 2.18 bits per heavy atom. The SMILES string of the molecule is CCCCCC(C#N)(CCC)S(=O)(=O)NCC. The lowest BCUT2D eigenvalue weighted by Crippen LogP contribution is -2.45. The van der Waals surface area contributed by atoms with Crippen LogP contribution in [0.5, 0.6) is 0 Å². The van der Waals surface area contributed by atoms with E-state index in [1.165, 1.54) is 0 Å². The molecule has 100 valence electrons. The van der Waals surface area contributed by atoms with Crippen LogP contribution < -0.4 is 4.72 Å². The maximum absolute atomic E-state index is 12.1. The van der Waals surface area contributed by atoms with Gasteiger partial charge in [0.25, 0.3) is 0 Å². The van der Waals surface area contributed by atoms with Gasteiger partial charge in [-0.05, 0) is 12.8 Å². The average molecular weight is 260 g/mol. The van der Waals surface area contributed by atoms with Gasteiger partial charge in [-0.25, -0.2) is 13.1 Å². The third-order valence-electron chi connectivity index (χ3n) is 2.89. The maximum Gasteiger partial charge on any atom is 0.230 e. The van der Waals surface area contributed by atoms with Crippen molar-refractivity contribution < 1.29 is 8.42 Å². The van der Waals surface area contributed by atoms with Crippen LogP contribution >= 0.6 is 0 Å². The first-order valence-corrected chi connectivity index (χ1v) is 7.88. The van der Waals surface area contributed by atoms with Gasteiger partial charge in [0, 0.05) is 6.54 Å². The highest BCUT2D eigenvalue weighted by atomic mass is 32.2. The number of hydrogen-bond donors (Lipinski definition) is 1. The van der Waals surface area contributed by atoms with Gasteiger partial charge >= 0.3 is 0 Å². The van der Waals surface area contributed by atoms with Crippen LogP contribution in [0.1, 0.15) is 59.3 Å². The molecule has 1 atom stereocenters. The number of nitrogens with one attached hydrogen (secondary N) is 1. The molecule has 1 unspecified atom stereocenters. The Morgan fingerprint density at radius 1 is 1.12 bits per heavy atom. The molecule has 0 spiro atoms. The Bertz CT molecular complexity index is 346. The van der Waals surface area contributed by atoms with Crippen LogP contribution in [0.15, 0.2) is 0 Å². The van der Waals surface area contributed by atoms with E-state index >= 15 is 0 Å². The van der Waals surface area contributed by atoms with Gasteiger partial charge in [0.15, 0.2) is 4.75 Å². The Hall–Kier alpha value is -0.600. The molecule has 0 saturated carbocycles. The summed E-state index contributed by atoms with van der Waals surface area (Å²) in [5.74, 6) is 0. The molecule has 0 aromatic heterocycles. The molecular formula is C12H24N2O2S. The highest BCUT2D eigenvalue weighted by Gasteiger charge is 2.42. The number of sulfonamides is 1. The van der Waals surface area contributed by atoms with Gasteiger partial charge in [0.2, 0.25) is 10.0 Å². The number of unbranched alkanes of at least 4 members (excludes halogenated alkanes) is 2. The highest BCUT2D eigenvalue weighted by Crippen LogP contribution is 2.28. The van der Waals surface area contributed by atoms with Crippen LogP contribution in [-0.4, -0.2) is 19.7 Å². The van der Waals surface area contributed by atoms with Gasteiger partial charge in [-0.1, -0.05) is 46.5 Å². The maximum atomic E-state index is 12.1. The molecule has 4 nitrogen and oxygen atoms in total. The zero-order valence-electron chi connectivity index (χ0n) is 11.1. The molecule has 17 heavy (non-hydrogen) atoms. The number of rotatable bonds is 9. The van der Waals surface area contributed by atoms with E-state index in [1.807, 2.05) is 6.92 Å². The quantitative estimate of drug-likeness (QED) is 0.648. The minimum Gasteiger partial charge on any atom is -0.214 e. The summed E-state index contributed by atoms with van der Waals surface area (Å²) in [4.78, 5) is 0. The van der Waals surface area contributed by atoms with Crippen molar-refractivity contribution in [3.8, 4) is 6.07 Å². The number of hydrogen-bond acceptors (Lipinski definition) is 3. The third-order valence-corrected chi connectivity index (χ3v) is 5.09. The first-order valence-electron chi connectivity index (χ1n) is 6.40. The average Bonchev–Trinajstić information content (AvgIpc) is 2.27. The molecule has 0 aromatic rings. The second-order valence-electron chi connectivity index (χ2n) is 4.31. The van der Waals surface area contributed by atoms with Crippen LogP contribution in [-0.2, 0) is 10.0 Å². The van der Waals surface area contributed by atoms with E-state index in [4.69, 9.17) is 0 Å². The van der Waals surface area contributed by atoms with Gasteiger partial charge in [-0.15, -0.1) is 0 Å². The predicted octanol–water partition coefficient (Wildman–Crippen LogP) is 2.57. The highest BCUT2D eigenvalue weighted by molar-refractivity contribution is 7.91. The number of nitriles is 1. The van der Waals surface area contributed by atoms with Crippen molar-refractivity contribution in [3.05, 3.63) is 0 Å². The Labute approximate surface area is 105 Å². The summed E-state index contributed by atoms with van der Waals surface area (Å²) in [7, 11) is -3.54. The minimum atomic E-state index is -3.54. The number of nitrogens with zero attached hydrogens (tertiary/aromatic N) is 1. The summed E-state index contributed by atoms with van der Waals surface area (Å²) in [5.41, 5.74) is 0. The van der Waals surface area contributed by atoms with Crippen LogP contribution in [0.4, 0.5) is 0 Å². The smallest absolute Gasteiger partial charge is 0.214 e. The Balaban J connectivity index is 5.01. The molecule has 1 N–H and O–H groups in total. The molecule has 0 saturated heterocycles. The molecule has 0 heterocycles. The lowest BCUT2D eigenvalue weighted by atomic mass is 9.97. The van der Waals surface area contributed by atoms with E-state index in [9.17, 15) is 13.7 Å². The van der Waals surface area contributed by atoms with E-state index in [1.54, 1.807) is 6.92 Å². The summed E-state index contributed by atoms with van der Waals surface area (Å²) >= 11 is 0. The van der Waals surface area contributed by atoms with Gasteiger partial charge in [0.05, 0.1) is 6.07 Å². The molecule has 0 bridgehead atoms. The van der Waals surface area contributed by atoms with Crippen LogP contribution in [0, 0.1) is 11.3 Å². The first kappa shape index (κ1) is 16.4. The fraction of sp³-hybridized carbons (Fsp3) is 0.917. The van der Waals surface area contributed by atoms with Crippen molar-refractivity contribution >= 4 is 10.0 Å². The van der Waals surface area contributed by atoms with Crippen LogP contribution in [0.25, 0.3) is 0 Å². The third kappa shape index (κ3) is 4.29. The summed E-state index contributed by atoms with van der Waals surface area (Å²) in [6.07, 6.45) is 4.31. The predicted molar refractivity (Wildman–Crippen MR) is 70.0 cm³/mol. The minimum absolute atomic E-state index is 0.337. The lowest BCUT2D eigenvalue weighted by Gasteiger charge is -2.26. The molecule has 0 aliphatic rings. The molecule has 0 amide bonds. The summed E-state index contributed by atoms with van der Waals surface area (Å²) in [5, 5.41) is 9.30. The summed E-state index contributed by atoms with van der Waals surface area (Å²) < 4.78 is 25.5. The molecule has 5 heteroatoms. The van der Waals surface area contributed by atoms with Crippen molar-refractivity contribution in [2.24, 2.45) is 0 Å². The van der Waals surface area contributed by atoms with Gasteiger partial charge in [-0.3, -0.25) is 0 Å². The van der Waals surface area contributed by atoms with Gasteiger partial charge < -0.3 is 0 Å². The Kier molecular flexibility index (Phi) is 7.40. The zero-order chi connectivity index (χ0) is 13.4. The van der Waals surface area contributed by atoms with E-state index in [0.29, 0.717) is 25.8 Å². The lowest BCUT2D eigenvalue weighted by molar-refractivity contribution is 0.485. The van der Waals surface area contributed by atoms with Crippen molar-refractivity contribution in [3.63, 3.8) is 0 Å². The van der Waals surface area contributed by atoms with Crippen LogP contribution in [0.3, 0.4) is 0 Å². The molecule has 0 fully saturated rings. The normalized spacial score (nSPS) is 15.2. The van der Waals surface area contributed by atoms with Crippen molar-refractivity contribution in [2.45, 2.75) is 64.0 Å². The summed E-state index contributed by atoms with van der Waals surface area (Å²) in [6, 6.07) is 2.05. The van der Waals surface area contributed by atoms with Gasteiger partial charge in [-0.2, -0.15) is 5.26 Å². The molecular weight excluding hydrogens is 236 g/mol. The van der Waals surface area contributed by atoms with E-state index in [0.717, 1.165) is 19.3 Å². The molecule has 0 aliphatic heterocycles. The molecule has 0 rings (SSSR count). The molecule has 0 radical (unpaired) electrons. The second kappa shape index (κ2) is 7.67. The second-order valence-corrected chi connectivity index (χ2v) is 6.39.